The van der Waals surface area contributed by atoms with Gasteiger partial charge in [0.05, 0.1) is 0 Å². The minimum atomic E-state index is -0.602. The van der Waals surface area contributed by atoms with Gasteiger partial charge in [-0.2, -0.15) is 0 Å². The Morgan fingerprint density at radius 3 is 1.92 bits per heavy atom. The minimum Gasteiger partial charge on any atom is -0.329 e. The average molecular weight is 324 g/mol. The summed E-state index contributed by atoms with van der Waals surface area (Å²) in [6.45, 7) is 0.325. The molecule has 0 spiro atoms. The van der Waals surface area contributed by atoms with Gasteiger partial charge < -0.3 is 22.9 Å². The number of rotatable bonds is 4. The van der Waals surface area contributed by atoms with E-state index in [4.69, 9.17) is 22.9 Å². The van der Waals surface area contributed by atoms with Gasteiger partial charge in [0.25, 0.3) is 0 Å². The average Bonchev–Trinajstić information content (AvgIpc) is 2.63. The zero-order valence-corrected chi connectivity index (χ0v) is 13.2. The van der Waals surface area contributed by atoms with Gasteiger partial charge in [0.2, 0.25) is 0 Å². The van der Waals surface area contributed by atoms with Crippen LogP contribution in [0.1, 0.15) is 55.1 Å². The molecule has 0 saturated carbocycles. The van der Waals surface area contributed by atoms with E-state index in [0.29, 0.717) is 33.4 Å². The first-order valence-electron chi connectivity index (χ1n) is 7.77. The number of fused-ring (bicyclic) bond motifs is 2. The van der Waals surface area contributed by atoms with Crippen LogP contribution in [0.15, 0.2) is 36.4 Å². The molecule has 0 bridgehead atoms. The third-order valence-corrected chi connectivity index (χ3v) is 4.45. The van der Waals surface area contributed by atoms with Crippen LogP contribution in [-0.2, 0) is 0 Å². The zero-order valence-electron chi connectivity index (χ0n) is 13.2. The molecule has 124 valence electrons. The van der Waals surface area contributed by atoms with Gasteiger partial charge in [0.15, 0.2) is 11.6 Å². The molecule has 1 aliphatic carbocycles. The summed E-state index contributed by atoms with van der Waals surface area (Å²) < 4.78 is 0. The Morgan fingerprint density at radius 1 is 0.750 bits per heavy atom. The molecule has 2 unspecified atom stereocenters. The van der Waals surface area contributed by atoms with E-state index in [2.05, 4.69) is 0 Å². The Balaban J connectivity index is 2.32. The lowest BCUT2D eigenvalue weighted by Crippen LogP contribution is -2.32. The Morgan fingerprint density at radius 2 is 1.33 bits per heavy atom. The van der Waals surface area contributed by atoms with Gasteiger partial charge in [-0.05, 0) is 17.2 Å². The van der Waals surface area contributed by atoms with E-state index < -0.39 is 12.1 Å². The van der Waals surface area contributed by atoms with E-state index in [0.717, 1.165) is 0 Å². The quantitative estimate of drug-likeness (QED) is 0.547. The number of carbonyl (C=O) groups excluding carboxylic acids is 2. The van der Waals surface area contributed by atoms with Crippen LogP contribution in [0.4, 0.5) is 0 Å². The third kappa shape index (κ3) is 2.37. The van der Waals surface area contributed by atoms with Gasteiger partial charge in [0, 0.05) is 47.4 Å². The van der Waals surface area contributed by atoms with Crippen molar-refractivity contribution in [3.05, 3.63) is 69.8 Å². The van der Waals surface area contributed by atoms with Crippen LogP contribution in [-0.4, -0.2) is 24.7 Å². The second-order valence-electron chi connectivity index (χ2n) is 5.88. The highest BCUT2D eigenvalue weighted by atomic mass is 16.1. The second kappa shape index (κ2) is 6.26. The zero-order chi connectivity index (χ0) is 17.4. The number of carbonyl (C=O) groups is 2. The van der Waals surface area contributed by atoms with Crippen LogP contribution >= 0.6 is 0 Å². The number of ketones is 2. The highest BCUT2D eigenvalue weighted by molar-refractivity contribution is 6.29. The molecular weight excluding hydrogens is 304 g/mol. The predicted molar refractivity (Wildman–Crippen MR) is 91.7 cm³/mol. The summed E-state index contributed by atoms with van der Waals surface area (Å²) in [6, 6.07) is 9.03. The summed E-state index contributed by atoms with van der Waals surface area (Å²) in [5.74, 6) is -0.427. The van der Waals surface area contributed by atoms with E-state index in [9.17, 15) is 9.59 Å². The SMILES string of the molecule is NCC(N)c1ccc2c(c1C(N)CN)C(=O)c1ccccc1C2=O. The molecule has 0 heterocycles. The summed E-state index contributed by atoms with van der Waals surface area (Å²) in [6.07, 6.45) is 0. The molecule has 0 radical (unpaired) electrons. The van der Waals surface area contributed by atoms with Crippen molar-refractivity contribution in [3.63, 3.8) is 0 Å². The number of hydrogen-bond acceptors (Lipinski definition) is 6. The van der Waals surface area contributed by atoms with Crippen molar-refractivity contribution in [2.24, 2.45) is 22.9 Å². The molecule has 1 aliphatic rings. The summed E-state index contributed by atoms with van der Waals surface area (Å²) in [4.78, 5) is 25.8. The summed E-state index contributed by atoms with van der Waals surface area (Å²) in [5.41, 5.74) is 26.2. The van der Waals surface area contributed by atoms with E-state index in [-0.39, 0.29) is 24.7 Å². The molecule has 0 aromatic heterocycles. The normalized spacial score (nSPS) is 15.7. The van der Waals surface area contributed by atoms with Gasteiger partial charge in [-0.15, -0.1) is 0 Å². The van der Waals surface area contributed by atoms with E-state index in [1.807, 2.05) is 0 Å². The van der Waals surface area contributed by atoms with Crippen molar-refractivity contribution in [2.75, 3.05) is 13.1 Å². The lowest BCUT2D eigenvalue weighted by atomic mass is 9.78. The van der Waals surface area contributed by atoms with Crippen molar-refractivity contribution >= 4 is 11.6 Å². The molecule has 6 heteroatoms. The molecule has 2 aromatic rings. The molecule has 0 fully saturated rings. The Labute approximate surface area is 139 Å². The summed E-state index contributed by atoms with van der Waals surface area (Å²) in [5, 5.41) is 0. The number of benzene rings is 2. The molecule has 6 nitrogen and oxygen atoms in total. The first-order chi connectivity index (χ1) is 11.5. The highest BCUT2D eigenvalue weighted by Crippen LogP contribution is 2.34. The number of nitrogens with two attached hydrogens (primary N) is 4. The lowest BCUT2D eigenvalue weighted by molar-refractivity contribution is 0.0978. The van der Waals surface area contributed by atoms with Gasteiger partial charge in [-0.1, -0.05) is 30.3 Å². The van der Waals surface area contributed by atoms with Gasteiger partial charge >= 0.3 is 0 Å². The molecule has 0 amide bonds. The monoisotopic (exact) mass is 324 g/mol. The van der Waals surface area contributed by atoms with Crippen LogP contribution in [0.25, 0.3) is 0 Å². The van der Waals surface area contributed by atoms with E-state index in [1.165, 1.54) is 0 Å². The van der Waals surface area contributed by atoms with Crippen molar-refractivity contribution < 1.29 is 9.59 Å². The van der Waals surface area contributed by atoms with Crippen LogP contribution in [0.3, 0.4) is 0 Å². The summed E-state index contributed by atoms with van der Waals surface area (Å²) in [7, 11) is 0. The summed E-state index contributed by atoms with van der Waals surface area (Å²) >= 11 is 0. The Kier molecular flexibility index (Phi) is 4.29. The van der Waals surface area contributed by atoms with Crippen molar-refractivity contribution in [2.45, 2.75) is 12.1 Å². The second-order valence-corrected chi connectivity index (χ2v) is 5.88. The molecule has 0 aliphatic heterocycles. The fraction of sp³-hybridized carbons (Fsp3) is 0.222. The maximum Gasteiger partial charge on any atom is 0.194 e. The third-order valence-electron chi connectivity index (χ3n) is 4.45. The van der Waals surface area contributed by atoms with Crippen LogP contribution in [0, 0.1) is 0 Å². The molecule has 2 atom stereocenters. The van der Waals surface area contributed by atoms with Crippen LogP contribution in [0.2, 0.25) is 0 Å². The van der Waals surface area contributed by atoms with E-state index >= 15 is 0 Å². The van der Waals surface area contributed by atoms with Gasteiger partial charge in [0.1, 0.15) is 0 Å². The van der Waals surface area contributed by atoms with Gasteiger partial charge in [-0.3, -0.25) is 9.59 Å². The lowest BCUT2D eigenvalue weighted by Gasteiger charge is -2.26. The van der Waals surface area contributed by atoms with Crippen molar-refractivity contribution in [1.82, 2.24) is 0 Å². The highest BCUT2D eigenvalue weighted by Gasteiger charge is 2.34. The van der Waals surface area contributed by atoms with E-state index in [1.54, 1.807) is 36.4 Å². The molecule has 0 saturated heterocycles. The Hall–Kier alpha value is -2.38. The van der Waals surface area contributed by atoms with Crippen LogP contribution in [0.5, 0.6) is 0 Å². The topological polar surface area (TPSA) is 138 Å². The fourth-order valence-corrected chi connectivity index (χ4v) is 3.20. The molecule has 2 aromatic carbocycles. The number of hydrogen-bond donors (Lipinski definition) is 4. The van der Waals surface area contributed by atoms with Gasteiger partial charge in [-0.25, -0.2) is 0 Å². The van der Waals surface area contributed by atoms with Crippen molar-refractivity contribution in [3.8, 4) is 0 Å². The standard InChI is InChI=1S/C18H20N4O2/c19-7-13(21)11-5-6-12-16(15(11)14(22)8-20)18(24)10-4-2-1-3-9(10)17(12)23/h1-6,13-14H,7-8,19-22H2. The first-order valence-corrected chi connectivity index (χ1v) is 7.77. The van der Waals surface area contributed by atoms with Crippen molar-refractivity contribution in [1.29, 1.82) is 0 Å². The molecule has 8 N–H and O–H groups in total. The maximum atomic E-state index is 13.0. The molecule has 3 rings (SSSR count). The Bertz CT molecular complexity index is 832. The van der Waals surface area contributed by atoms with Crippen LogP contribution < -0.4 is 22.9 Å². The molecule has 24 heavy (non-hydrogen) atoms. The predicted octanol–water partition coefficient (Wildman–Crippen LogP) is 0.379. The fourth-order valence-electron chi connectivity index (χ4n) is 3.20. The largest absolute Gasteiger partial charge is 0.329 e. The molecular formula is C18H20N4O2. The maximum absolute atomic E-state index is 13.0. The smallest absolute Gasteiger partial charge is 0.194 e. The minimum absolute atomic E-state index is 0.129. The first kappa shape index (κ1) is 16.5.